The zero-order chi connectivity index (χ0) is 13.3. The van der Waals surface area contributed by atoms with Gasteiger partial charge in [-0.25, -0.2) is 4.39 Å². The number of aryl methyl sites for hydroxylation is 1. The monoisotopic (exact) mass is 250 g/mol. The molecule has 2 atom stereocenters. The van der Waals surface area contributed by atoms with Gasteiger partial charge in [-0.05, 0) is 44.9 Å². The second kappa shape index (κ2) is 4.88. The van der Waals surface area contributed by atoms with Crippen LogP contribution in [0.3, 0.4) is 0 Å². The highest BCUT2D eigenvalue weighted by Gasteiger charge is 2.33. The average molecular weight is 250 g/mol. The van der Waals surface area contributed by atoms with E-state index in [1.54, 1.807) is 6.07 Å². The first kappa shape index (κ1) is 13.3. The molecule has 0 amide bonds. The van der Waals surface area contributed by atoms with Crippen molar-refractivity contribution in [2.75, 3.05) is 18.0 Å². The van der Waals surface area contributed by atoms with Crippen LogP contribution in [-0.4, -0.2) is 24.7 Å². The third kappa shape index (κ3) is 2.51. The molecule has 1 aliphatic heterocycles. The molecule has 0 aliphatic carbocycles. The van der Waals surface area contributed by atoms with E-state index in [0.29, 0.717) is 6.04 Å². The molecule has 0 spiro atoms. The number of benzene rings is 1. The molecule has 1 aliphatic rings. The van der Waals surface area contributed by atoms with E-state index in [4.69, 9.17) is 0 Å². The highest BCUT2D eigenvalue weighted by molar-refractivity contribution is 5.51. The number of halogens is 1. The molecule has 2 nitrogen and oxygen atoms in total. The summed E-state index contributed by atoms with van der Waals surface area (Å²) in [5, 5.41) is 3.56. The van der Waals surface area contributed by atoms with E-state index in [0.717, 1.165) is 30.8 Å². The van der Waals surface area contributed by atoms with Crippen LogP contribution in [0.4, 0.5) is 10.1 Å². The van der Waals surface area contributed by atoms with Gasteiger partial charge in [0.05, 0.1) is 5.69 Å². The van der Waals surface area contributed by atoms with E-state index in [2.05, 4.69) is 31.0 Å². The number of anilines is 1. The van der Waals surface area contributed by atoms with E-state index in [1.807, 2.05) is 19.1 Å². The fourth-order valence-electron chi connectivity index (χ4n) is 2.49. The number of hydrogen-bond acceptors (Lipinski definition) is 2. The van der Waals surface area contributed by atoms with E-state index in [-0.39, 0.29) is 11.4 Å². The van der Waals surface area contributed by atoms with Gasteiger partial charge in [-0.2, -0.15) is 0 Å². The van der Waals surface area contributed by atoms with Crippen LogP contribution in [0.5, 0.6) is 0 Å². The lowest BCUT2D eigenvalue weighted by atomic mass is 9.93. The van der Waals surface area contributed by atoms with Crippen LogP contribution in [-0.2, 0) is 0 Å². The summed E-state index contributed by atoms with van der Waals surface area (Å²) in [5.41, 5.74) is 1.92. The van der Waals surface area contributed by atoms with Crippen molar-refractivity contribution in [1.29, 1.82) is 0 Å². The van der Waals surface area contributed by atoms with E-state index >= 15 is 0 Å². The first-order valence-corrected chi connectivity index (χ1v) is 6.73. The van der Waals surface area contributed by atoms with Gasteiger partial charge >= 0.3 is 0 Å². The number of rotatable bonds is 2. The number of hydrogen-bond donors (Lipinski definition) is 1. The predicted octanol–water partition coefficient (Wildman–Crippen LogP) is 3.10. The standard InChI is InChI=1S/C15H23FN2/c1-5-15(4)10-18(12(3)9-17-15)14-8-11(2)6-7-13(14)16/h6-8,12,17H,5,9-10H2,1-4H3. The quantitative estimate of drug-likeness (QED) is 0.867. The van der Waals surface area contributed by atoms with Crippen LogP contribution in [0.25, 0.3) is 0 Å². The van der Waals surface area contributed by atoms with Crippen molar-refractivity contribution in [2.45, 2.75) is 45.7 Å². The van der Waals surface area contributed by atoms with Crippen molar-refractivity contribution in [3.63, 3.8) is 0 Å². The van der Waals surface area contributed by atoms with Gasteiger partial charge in [-0.1, -0.05) is 13.0 Å². The lowest BCUT2D eigenvalue weighted by Crippen LogP contribution is -2.62. The van der Waals surface area contributed by atoms with Gasteiger partial charge < -0.3 is 10.2 Å². The van der Waals surface area contributed by atoms with Crippen molar-refractivity contribution < 1.29 is 4.39 Å². The summed E-state index contributed by atoms with van der Waals surface area (Å²) in [4.78, 5) is 2.20. The van der Waals surface area contributed by atoms with Crippen LogP contribution in [0.15, 0.2) is 18.2 Å². The van der Waals surface area contributed by atoms with Crippen LogP contribution < -0.4 is 10.2 Å². The van der Waals surface area contributed by atoms with Gasteiger partial charge in [0.15, 0.2) is 0 Å². The average Bonchev–Trinajstić information content (AvgIpc) is 2.36. The maximum absolute atomic E-state index is 14.0. The minimum atomic E-state index is -0.118. The molecule has 2 rings (SSSR count). The molecule has 3 heteroatoms. The summed E-state index contributed by atoms with van der Waals surface area (Å²) in [5.74, 6) is -0.118. The molecule has 1 aromatic rings. The molecule has 1 saturated heterocycles. The zero-order valence-electron chi connectivity index (χ0n) is 11.8. The SMILES string of the molecule is CCC1(C)CN(c2cc(C)ccc2F)C(C)CN1. The highest BCUT2D eigenvalue weighted by atomic mass is 19.1. The summed E-state index contributed by atoms with van der Waals surface area (Å²) in [6.45, 7) is 10.3. The Bertz CT molecular complexity index is 433. The molecule has 0 aromatic heterocycles. The Morgan fingerprint density at radius 1 is 1.50 bits per heavy atom. The fraction of sp³-hybridized carbons (Fsp3) is 0.600. The van der Waals surface area contributed by atoms with Crippen molar-refractivity contribution in [3.8, 4) is 0 Å². The Labute approximate surface area is 109 Å². The first-order valence-electron chi connectivity index (χ1n) is 6.73. The van der Waals surface area contributed by atoms with Gasteiger partial charge in [-0.15, -0.1) is 0 Å². The predicted molar refractivity (Wildman–Crippen MR) is 74.6 cm³/mol. The number of nitrogens with one attached hydrogen (secondary N) is 1. The summed E-state index contributed by atoms with van der Waals surface area (Å²) in [6.07, 6.45) is 1.05. The fourth-order valence-corrected chi connectivity index (χ4v) is 2.49. The second-order valence-corrected chi connectivity index (χ2v) is 5.73. The lowest BCUT2D eigenvalue weighted by Gasteiger charge is -2.46. The van der Waals surface area contributed by atoms with Crippen LogP contribution in [0.2, 0.25) is 0 Å². The maximum atomic E-state index is 14.0. The maximum Gasteiger partial charge on any atom is 0.146 e. The largest absolute Gasteiger partial charge is 0.363 e. The third-order valence-electron chi connectivity index (χ3n) is 4.07. The molecular weight excluding hydrogens is 227 g/mol. The van der Waals surface area contributed by atoms with Crippen LogP contribution >= 0.6 is 0 Å². The van der Waals surface area contributed by atoms with E-state index in [9.17, 15) is 4.39 Å². The van der Waals surface area contributed by atoms with Crippen molar-refractivity contribution in [3.05, 3.63) is 29.6 Å². The van der Waals surface area contributed by atoms with Gasteiger partial charge in [0, 0.05) is 24.7 Å². The zero-order valence-corrected chi connectivity index (χ0v) is 11.8. The Morgan fingerprint density at radius 3 is 2.89 bits per heavy atom. The lowest BCUT2D eigenvalue weighted by molar-refractivity contribution is 0.284. The summed E-state index contributed by atoms with van der Waals surface area (Å²) in [7, 11) is 0. The van der Waals surface area contributed by atoms with Crippen LogP contribution in [0, 0.1) is 12.7 Å². The topological polar surface area (TPSA) is 15.3 Å². The molecule has 1 aromatic carbocycles. The van der Waals surface area contributed by atoms with E-state index < -0.39 is 0 Å². The van der Waals surface area contributed by atoms with Gasteiger partial charge in [-0.3, -0.25) is 0 Å². The Hall–Kier alpha value is -1.09. The molecular formula is C15H23FN2. The smallest absolute Gasteiger partial charge is 0.146 e. The van der Waals surface area contributed by atoms with Crippen molar-refractivity contribution in [2.24, 2.45) is 0 Å². The molecule has 0 saturated carbocycles. The molecule has 18 heavy (non-hydrogen) atoms. The number of piperazine rings is 1. The summed E-state index contributed by atoms with van der Waals surface area (Å²) in [6, 6.07) is 5.67. The van der Waals surface area contributed by atoms with E-state index in [1.165, 1.54) is 0 Å². The third-order valence-corrected chi connectivity index (χ3v) is 4.07. The molecule has 0 radical (unpaired) electrons. The molecule has 1 N–H and O–H groups in total. The minimum absolute atomic E-state index is 0.0721. The normalized spacial score (nSPS) is 28.5. The molecule has 1 fully saturated rings. The Balaban J connectivity index is 2.32. The minimum Gasteiger partial charge on any atom is -0.363 e. The van der Waals surface area contributed by atoms with Gasteiger partial charge in [0.25, 0.3) is 0 Å². The molecule has 0 bridgehead atoms. The van der Waals surface area contributed by atoms with Crippen molar-refractivity contribution in [1.82, 2.24) is 5.32 Å². The summed E-state index contributed by atoms with van der Waals surface area (Å²) < 4.78 is 14.0. The number of nitrogens with zero attached hydrogens (tertiary/aromatic N) is 1. The molecule has 1 heterocycles. The Morgan fingerprint density at radius 2 is 2.22 bits per heavy atom. The Kier molecular flexibility index (Phi) is 3.62. The van der Waals surface area contributed by atoms with Crippen LogP contribution in [0.1, 0.15) is 32.8 Å². The van der Waals surface area contributed by atoms with Crippen molar-refractivity contribution >= 4 is 5.69 Å². The second-order valence-electron chi connectivity index (χ2n) is 5.73. The van der Waals surface area contributed by atoms with Gasteiger partial charge in [0.1, 0.15) is 5.82 Å². The highest BCUT2D eigenvalue weighted by Crippen LogP contribution is 2.28. The molecule has 2 unspecified atom stereocenters. The van der Waals surface area contributed by atoms with Gasteiger partial charge in [0.2, 0.25) is 0 Å². The first-order chi connectivity index (χ1) is 8.45. The molecule has 100 valence electrons. The summed E-state index contributed by atoms with van der Waals surface area (Å²) >= 11 is 0.